The second kappa shape index (κ2) is 4.94. The van der Waals surface area contributed by atoms with Gasteiger partial charge in [-0.3, -0.25) is 14.0 Å². The zero-order chi connectivity index (χ0) is 15.0. The lowest BCUT2D eigenvalue weighted by molar-refractivity contribution is 0.699. The van der Waals surface area contributed by atoms with Crippen molar-refractivity contribution < 1.29 is 0 Å². The Morgan fingerprint density at radius 1 is 1.38 bits per heavy atom. The van der Waals surface area contributed by atoms with Crippen molar-refractivity contribution in [2.45, 2.75) is 13.5 Å². The normalized spacial score (nSPS) is 11.0. The summed E-state index contributed by atoms with van der Waals surface area (Å²) >= 11 is 0. The summed E-state index contributed by atoms with van der Waals surface area (Å²) in [6, 6.07) is 1.72. The molecule has 0 aromatic carbocycles. The van der Waals surface area contributed by atoms with E-state index in [1.54, 1.807) is 17.8 Å². The highest BCUT2D eigenvalue weighted by Crippen LogP contribution is 2.07. The van der Waals surface area contributed by atoms with E-state index in [0.717, 1.165) is 5.69 Å². The highest BCUT2D eigenvalue weighted by atomic mass is 16.1. The van der Waals surface area contributed by atoms with Crippen LogP contribution in [0, 0.1) is 6.92 Å². The van der Waals surface area contributed by atoms with Crippen LogP contribution in [0.4, 0.5) is 5.82 Å². The molecular weight excluding hydrogens is 272 g/mol. The number of aromatic nitrogens is 6. The number of nitrogens with one attached hydrogen (secondary N) is 1. The lowest BCUT2D eigenvalue weighted by atomic mass is 10.4. The summed E-state index contributed by atoms with van der Waals surface area (Å²) in [4.78, 5) is 25.1. The molecule has 0 atom stereocenters. The molecule has 9 heteroatoms. The third-order valence-electron chi connectivity index (χ3n) is 3.08. The van der Waals surface area contributed by atoms with E-state index in [4.69, 9.17) is 5.84 Å². The van der Waals surface area contributed by atoms with Crippen molar-refractivity contribution in [1.82, 2.24) is 29.3 Å². The third-order valence-corrected chi connectivity index (χ3v) is 3.08. The van der Waals surface area contributed by atoms with Gasteiger partial charge in [-0.1, -0.05) is 0 Å². The molecule has 0 fully saturated rings. The molecule has 0 aliphatic rings. The highest BCUT2D eigenvalue weighted by Gasteiger charge is 2.10. The average Bonchev–Trinajstić information content (AvgIpc) is 2.83. The quantitative estimate of drug-likeness (QED) is 0.495. The van der Waals surface area contributed by atoms with E-state index in [-0.39, 0.29) is 12.1 Å². The average molecular weight is 286 g/mol. The van der Waals surface area contributed by atoms with Gasteiger partial charge in [0.05, 0.1) is 12.7 Å². The Kier molecular flexibility index (Phi) is 3.10. The van der Waals surface area contributed by atoms with Crippen LogP contribution >= 0.6 is 0 Å². The molecule has 21 heavy (non-hydrogen) atoms. The molecule has 108 valence electrons. The fourth-order valence-electron chi connectivity index (χ4n) is 2.11. The number of nitrogen functional groups attached to an aromatic ring is 1. The summed E-state index contributed by atoms with van der Waals surface area (Å²) in [5.74, 6) is 6.34. The molecule has 0 unspecified atom stereocenters. The minimum atomic E-state index is -0.180. The van der Waals surface area contributed by atoms with Crippen LogP contribution in [-0.2, 0) is 13.6 Å². The van der Waals surface area contributed by atoms with Crippen LogP contribution in [0.15, 0.2) is 23.4 Å². The first-order valence-electron chi connectivity index (χ1n) is 6.27. The Morgan fingerprint density at radius 2 is 2.19 bits per heavy atom. The minimum Gasteiger partial charge on any atom is -0.308 e. The Labute approximate surface area is 119 Å². The minimum absolute atomic E-state index is 0.180. The molecule has 0 aliphatic carbocycles. The standard InChI is InChI=1S/C12H14N8O/c1-7-3-9(18-13)17-10(16-7)5-20-6-14-11-8(12(20)21)4-15-19(11)2/h3-4,6H,5,13H2,1-2H3,(H,16,17,18). The first-order valence-corrected chi connectivity index (χ1v) is 6.27. The lowest BCUT2D eigenvalue weighted by Gasteiger charge is -2.07. The number of aryl methyl sites for hydroxylation is 2. The molecule has 0 saturated heterocycles. The molecule has 3 heterocycles. The van der Waals surface area contributed by atoms with Crippen molar-refractivity contribution in [1.29, 1.82) is 0 Å². The Balaban J connectivity index is 2.04. The van der Waals surface area contributed by atoms with Crippen molar-refractivity contribution in [3.05, 3.63) is 40.5 Å². The van der Waals surface area contributed by atoms with Gasteiger partial charge >= 0.3 is 0 Å². The molecule has 0 saturated carbocycles. The van der Waals surface area contributed by atoms with Crippen molar-refractivity contribution in [2.24, 2.45) is 12.9 Å². The first kappa shape index (κ1) is 13.2. The number of hydrogen-bond donors (Lipinski definition) is 2. The summed E-state index contributed by atoms with van der Waals surface area (Å²) in [7, 11) is 1.74. The number of anilines is 1. The van der Waals surface area contributed by atoms with Gasteiger partial charge in [0.15, 0.2) is 11.5 Å². The van der Waals surface area contributed by atoms with Gasteiger partial charge in [-0.05, 0) is 6.92 Å². The topological polar surface area (TPSA) is 117 Å². The maximum absolute atomic E-state index is 12.4. The van der Waals surface area contributed by atoms with E-state index >= 15 is 0 Å². The summed E-state index contributed by atoms with van der Waals surface area (Å²) < 4.78 is 3.00. The summed E-state index contributed by atoms with van der Waals surface area (Å²) in [6.07, 6.45) is 2.97. The number of hydrazine groups is 1. The second-order valence-corrected chi connectivity index (χ2v) is 4.64. The van der Waals surface area contributed by atoms with E-state index in [2.05, 4.69) is 25.5 Å². The molecule has 0 amide bonds. The number of nitrogens with zero attached hydrogens (tertiary/aromatic N) is 6. The Bertz CT molecular complexity index is 865. The summed E-state index contributed by atoms with van der Waals surface area (Å²) in [5.41, 5.74) is 3.60. The molecule has 9 nitrogen and oxygen atoms in total. The maximum Gasteiger partial charge on any atom is 0.264 e. The van der Waals surface area contributed by atoms with Gasteiger partial charge in [0.2, 0.25) is 0 Å². The maximum atomic E-state index is 12.4. The molecule has 3 rings (SSSR count). The number of nitrogens with two attached hydrogens (primary N) is 1. The molecule has 0 radical (unpaired) electrons. The van der Waals surface area contributed by atoms with Crippen LogP contribution in [0.1, 0.15) is 11.5 Å². The molecule has 0 spiro atoms. The smallest absolute Gasteiger partial charge is 0.264 e. The van der Waals surface area contributed by atoms with E-state index < -0.39 is 0 Å². The predicted octanol–water partition coefficient (Wildman–Crippen LogP) is -0.438. The molecule has 3 aromatic heterocycles. The third kappa shape index (κ3) is 2.34. The SMILES string of the molecule is Cc1cc(NN)nc(Cn2cnc3c(cnn3C)c2=O)n1. The van der Waals surface area contributed by atoms with Crippen molar-refractivity contribution in [2.75, 3.05) is 5.43 Å². The Morgan fingerprint density at radius 3 is 2.95 bits per heavy atom. The van der Waals surface area contributed by atoms with Crippen LogP contribution in [0.2, 0.25) is 0 Å². The van der Waals surface area contributed by atoms with Gasteiger partial charge < -0.3 is 5.43 Å². The van der Waals surface area contributed by atoms with Gasteiger partial charge in [0.1, 0.15) is 17.5 Å². The fourth-order valence-corrected chi connectivity index (χ4v) is 2.11. The van der Waals surface area contributed by atoms with Crippen LogP contribution < -0.4 is 16.8 Å². The van der Waals surface area contributed by atoms with Crippen molar-refractivity contribution in [3.8, 4) is 0 Å². The fraction of sp³-hybridized carbons (Fsp3) is 0.250. The molecule has 3 N–H and O–H groups in total. The largest absolute Gasteiger partial charge is 0.308 e. The van der Waals surface area contributed by atoms with Gasteiger partial charge in [-0.25, -0.2) is 20.8 Å². The summed E-state index contributed by atoms with van der Waals surface area (Å²) in [5, 5.41) is 4.49. The second-order valence-electron chi connectivity index (χ2n) is 4.64. The van der Waals surface area contributed by atoms with Gasteiger partial charge in [-0.15, -0.1) is 0 Å². The van der Waals surface area contributed by atoms with E-state index in [0.29, 0.717) is 22.7 Å². The van der Waals surface area contributed by atoms with E-state index in [9.17, 15) is 4.79 Å². The van der Waals surface area contributed by atoms with Gasteiger partial charge in [-0.2, -0.15) is 5.10 Å². The highest BCUT2D eigenvalue weighted by molar-refractivity contribution is 5.72. The lowest BCUT2D eigenvalue weighted by Crippen LogP contribution is -2.22. The van der Waals surface area contributed by atoms with Crippen LogP contribution in [0.25, 0.3) is 11.0 Å². The van der Waals surface area contributed by atoms with E-state index in [1.807, 2.05) is 6.92 Å². The molecule has 3 aromatic rings. The van der Waals surface area contributed by atoms with Gasteiger partial charge in [0, 0.05) is 18.8 Å². The number of fused-ring (bicyclic) bond motifs is 1. The monoisotopic (exact) mass is 286 g/mol. The first-order chi connectivity index (χ1) is 10.1. The van der Waals surface area contributed by atoms with Crippen molar-refractivity contribution in [3.63, 3.8) is 0 Å². The van der Waals surface area contributed by atoms with Gasteiger partial charge in [0.25, 0.3) is 5.56 Å². The zero-order valence-electron chi connectivity index (χ0n) is 11.6. The van der Waals surface area contributed by atoms with Crippen LogP contribution in [-0.4, -0.2) is 29.3 Å². The van der Waals surface area contributed by atoms with Crippen LogP contribution in [0.3, 0.4) is 0 Å². The number of hydrogen-bond acceptors (Lipinski definition) is 7. The predicted molar refractivity (Wildman–Crippen MR) is 76.5 cm³/mol. The number of rotatable bonds is 3. The molecular formula is C12H14N8O. The van der Waals surface area contributed by atoms with Crippen LogP contribution in [0.5, 0.6) is 0 Å². The van der Waals surface area contributed by atoms with Crippen molar-refractivity contribution >= 4 is 16.9 Å². The summed E-state index contributed by atoms with van der Waals surface area (Å²) in [6.45, 7) is 2.05. The molecule has 0 bridgehead atoms. The molecule has 0 aliphatic heterocycles. The Hall–Kier alpha value is -2.81. The zero-order valence-corrected chi connectivity index (χ0v) is 11.6. The van der Waals surface area contributed by atoms with E-state index in [1.165, 1.54) is 17.1 Å².